The molecule has 3 N–H and O–H groups in total. The maximum Gasteiger partial charge on any atom is 0.261 e. The fourth-order valence-corrected chi connectivity index (χ4v) is 4.42. The van der Waals surface area contributed by atoms with E-state index in [1.54, 1.807) is 7.05 Å². The van der Waals surface area contributed by atoms with Crippen LogP contribution in [0.2, 0.25) is 0 Å². The number of thiophene rings is 1. The van der Waals surface area contributed by atoms with Gasteiger partial charge in [-0.3, -0.25) is 14.5 Å². The van der Waals surface area contributed by atoms with Gasteiger partial charge in [0.2, 0.25) is 5.91 Å². The number of nitrogens with one attached hydrogen (secondary N) is 1. The van der Waals surface area contributed by atoms with Gasteiger partial charge in [-0.1, -0.05) is 18.2 Å². The van der Waals surface area contributed by atoms with E-state index in [4.69, 9.17) is 5.73 Å². The van der Waals surface area contributed by atoms with Crippen LogP contribution in [0.25, 0.3) is 10.1 Å². The zero-order valence-electron chi connectivity index (χ0n) is 12.5. The Morgan fingerprint density at radius 3 is 2.91 bits per heavy atom. The summed E-state index contributed by atoms with van der Waals surface area (Å²) < 4.78 is 1.13. The summed E-state index contributed by atoms with van der Waals surface area (Å²) in [5.74, 6) is -0.0743. The molecule has 0 spiro atoms. The predicted molar refractivity (Wildman–Crippen MR) is 88.2 cm³/mol. The number of hydrogen-bond donors (Lipinski definition) is 2. The molecule has 1 aromatic heterocycles. The maximum absolute atomic E-state index is 12.2. The average molecular weight is 317 g/mol. The number of amides is 2. The molecule has 2 heterocycles. The molecular formula is C16H19N3O2S. The van der Waals surface area contributed by atoms with E-state index in [-0.39, 0.29) is 24.3 Å². The molecule has 1 atom stereocenters. The molecule has 1 aliphatic rings. The number of nitrogens with zero attached hydrogens (tertiary/aromatic N) is 1. The number of carbonyl (C=O) groups excluding carboxylic acids is 2. The molecular weight excluding hydrogens is 298 g/mol. The Balaban J connectivity index is 1.98. The first-order valence-electron chi connectivity index (χ1n) is 7.34. The van der Waals surface area contributed by atoms with Crippen molar-refractivity contribution < 1.29 is 9.59 Å². The number of fused-ring (bicyclic) bond motifs is 1. The Bertz CT molecular complexity index is 725. The fraction of sp³-hybridized carbons (Fsp3) is 0.375. The van der Waals surface area contributed by atoms with Crippen LogP contribution < -0.4 is 11.1 Å². The zero-order chi connectivity index (χ0) is 15.7. The zero-order valence-corrected chi connectivity index (χ0v) is 13.3. The van der Waals surface area contributed by atoms with Crippen LogP contribution >= 0.6 is 11.3 Å². The number of primary amides is 1. The molecule has 6 heteroatoms. The lowest BCUT2D eigenvalue weighted by atomic mass is 9.95. The van der Waals surface area contributed by atoms with E-state index < -0.39 is 0 Å². The second-order valence-electron chi connectivity index (χ2n) is 5.61. The average Bonchev–Trinajstić information content (AvgIpc) is 3.09. The first-order valence-corrected chi connectivity index (χ1v) is 8.16. The van der Waals surface area contributed by atoms with Gasteiger partial charge in [-0.25, -0.2) is 0 Å². The van der Waals surface area contributed by atoms with Crippen LogP contribution in [0, 0.1) is 0 Å². The Labute approximate surface area is 133 Å². The van der Waals surface area contributed by atoms with Crippen LogP contribution in [0.5, 0.6) is 0 Å². The number of nitrogens with two attached hydrogens (primary N) is 1. The van der Waals surface area contributed by atoms with Gasteiger partial charge in [-0.2, -0.15) is 0 Å². The summed E-state index contributed by atoms with van der Waals surface area (Å²) in [6.07, 6.45) is 0.942. The van der Waals surface area contributed by atoms with Gasteiger partial charge in [0.1, 0.15) is 0 Å². The monoisotopic (exact) mass is 317 g/mol. The van der Waals surface area contributed by atoms with Gasteiger partial charge in [0, 0.05) is 24.2 Å². The SMILES string of the molecule is CNC(=O)c1sc2ccccc2c1C1CCN(CC(N)=O)C1. The van der Waals surface area contributed by atoms with Crippen molar-refractivity contribution in [2.24, 2.45) is 5.73 Å². The van der Waals surface area contributed by atoms with Gasteiger partial charge >= 0.3 is 0 Å². The highest BCUT2D eigenvalue weighted by Gasteiger charge is 2.30. The van der Waals surface area contributed by atoms with Gasteiger partial charge in [-0.05, 0) is 30.0 Å². The lowest BCUT2D eigenvalue weighted by Crippen LogP contribution is -2.32. The van der Waals surface area contributed by atoms with Gasteiger partial charge in [0.15, 0.2) is 0 Å². The first-order chi connectivity index (χ1) is 10.6. The normalized spacial score (nSPS) is 18.7. The van der Waals surface area contributed by atoms with Crippen molar-refractivity contribution in [1.82, 2.24) is 10.2 Å². The smallest absolute Gasteiger partial charge is 0.261 e. The third-order valence-corrected chi connectivity index (χ3v) is 5.31. The van der Waals surface area contributed by atoms with Crippen LogP contribution in [0.15, 0.2) is 24.3 Å². The molecule has 116 valence electrons. The molecule has 5 nitrogen and oxygen atoms in total. The number of rotatable bonds is 4. The largest absolute Gasteiger partial charge is 0.369 e. The summed E-state index contributed by atoms with van der Waals surface area (Å²) in [4.78, 5) is 26.2. The van der Waals surface area contributed by atoms with E-state index in [0.29, 0.717) is 0 Å². The van der Waals surface area contributed by atoms with Crippen molar-refractivity contribution >= 4 is 33.2 Å². The lowest BCUT2D eigenvalue weighted by molar-refractivity contribution is -0.118. The topological polar surface area (TPSA) is 75.4 Å². The Hall–Kier alpha value is -1.92. The third kappa shape index (κ3) is 2.71. The molecule has 1 fully saturated rings. The van der Waals surface area contributed by atoms with Crippen LogP contribution in [-0.2, 0) is 4.79 Å². The number of likely N-dealkylation sites (tertiary alicyclic amines) is 1. The van der Waals surface area contributed by atoms with E-state index in [1.807, 2.05) is 18.2 Å². The molecule has 1 aliphatic heterocycles. The van der Waals surface area contributed by atoms with Crippen molar-refractivity contribution in [3.05, 3.63) is 34.7 Å². The third-order valence-electron chi connectivity index (χ3n) is 4.13. The molecule has 1 saturated heterocycles. The molecule has 0 aliphatic carbocycles. The van der Waals surface area contributed by atoms with Gasteiger partial charge < -0.3 is 11.1 Å². The van der Waals surface area contributed by atoms with Crippen LogP contribution in [-0.4, -0.2) is 43.4 Å². The molecule has 2 aromatic rings. The van der Waals surface area contributed by atoms with Gasteiger partial charge in [-0.15, -0.1) is 11.3 Å². The Kier molecular flexibility index (Phi) is 4.13. The second-order valence-corrected chi connectivity index (χ2v) is 6.66. The quantitative estimate of drug-likeness (QED) is 0.898. The molecule has 2 amide bonds. The number of benzene rings is 1. The summed E-state index contributed by atoms with van der Waals surface area (Å²) in [5, 5.41) is 3.88. The summed E-state index contributed by atoms with van der Waals surface area (Å²) in [6, 6.07) is 8.11. The molecule has 0 saturated carbocycles. The second kappa shape index (κ2) is 6.06. The van der Waals surface area contributed by atoms with E-state index in [1.165, 1.54) is 11.3 Å². The van der Waals surface area contributed by atoms with E-state index >= 15 is 0 Å². The highest BCUT2D eigenvalue weighted by molar-refractivity contribution is 7.21. The van der Waals surface area contributed by atoms with E-state index in [2.05, 4.69) is 16.3 Å². The summed E-state index contributed by atoms with van der Waals surface area (Å²) in [7, 11) is 1.66. The molecule has 1 aromatic carbocycles. The minimum absolute atomic E-state index is 0.0375. The van der Waals surface area contributed by atoms with Crippen LogP contribution in [0.4, 0.5) is 0 Å². The van der Waals surface area contributed by atoms with Crippen molar-refractivity contribution in [3.63, 3.8) is 0 Å². The van der Waals surface area contributed by atoms with Crippen molar-refractivity contribution in [3.8, 4) is 0 Å². The molecule has 0 bridgehead atoms. The van der Waals surface area contributed by atoms with E-state index in [9.17, 15) is 9.59 Å². The molecule has 22 heavy (non-hydrogen) atoms. The number of carbonyl (C=O) groups is 2. The van der Waals surface area contributed by atoms with Crippen LogP contribution in [0.3, 0.4) is 0 Å². The van der Waals surface area contributed by atoms with Crippen molar-refractivity contribution in [2.45, 2.75) is 12.3 Å². The highest BCUT2D eigenvalue weighted by Crippen LogP contribution is 2.39. The minimum atomic E-state index is -0.303. The summed E-state index contributed by atoms with van der Waals surface area (Å²) >= 11 is 1.54. The van der Waals surface area contributed by atoms with Gasteiger partial charge in [0.25, 0.3) is 5.91 Å². The summed E-state index contributed by atoms with van der Waals surface area (Å²) in [5.41, 5.74) is 6.40. The standard InChI is InChI=1S/C16H19N3O2S/c1-18-16(21)15-14(11-4-2-3-5-12(11)22-15)10-6-7-19(8-10)9-13(17)20/h2-5,10H,6-9H2,1H3,(H2,17,20)(H,18,21). The molecule has 1 unspecified atom stereocenters. The minimum Gasteiger partial charge on any atom is -0.369 e. The Morgan fingerprint density at radius 2 is 2.18 bits per heavy atom. The summed E-state index contributed by atoms with van der Waals surface area (Å²) in [6.45, 7) is 1.90. The highest BCUT2D eigenvalue weighted by atomic mass is 32.1. The van der Waals surface area contributed by atoms with Crippen LogP contribution in [0.1, 0.15) is 27.6 Å². The number of hydrogen-bond acceptors (Lipinski definition) is 4. The lowest BCUT2D eigenvalue weighted by Gasteiger charge is -2.14. The van der Waals surface area contributed by atoms with Crippen molar-refractivity contribution in [2.75, 3.05) is 26.7 Å². The van der Waals surface area contributed by atoms with E-state index in [0.717, 1.165) is 40.0 Å². The Morgan fingerprint density at radius 1 is 1.41 bits per heavy atom. The molecule has 0 radical (unpaired) electrons. The predicted octanol–water partition coefficient (Wildman–Crippen LogP) is 1.54. The maximum atomic E-state index is 12.2. The van der Waals surface area contributed by atoms with Gasteiger partial charge in [0.05, 0.1) is 11.4 Å². The first kappa shape index (κ1) is 15.0. The fourth-order valence-electron chi connectivity index (χ4n) is 3.19. The molecule has 3 rings (SSSR count). The van der Waals surface area contributed by atoms with Crippen molar-refractivity contribution in [1.29, 1.82) is 0 Å².